The maximum absolute atomic E-state index is 11.2. The van der Waals surface area contributed by atoms with Crippen molar-refractivity contribution >= 4 is 17.7 Å². The number of thioether (sulfide) groups is 1. The van der Waals surface area contributed by atoms with E-state index in [1.165, 1.54) is 0 Å². The number of carbonyl (C=O) groups is 1. The van der Waals surface area contributed by atoms with E-state index >= 15 is 0 Å². The quantitative estimate of drug-likeness (QED) is 0.858. The molecule has 2 N–H and O–H groups in total. The van der Waals surface area contributed by atoms with Gasteiger partial charge in [-0.2, -0.15) is 11.8 Å². The summed E-state index contributed by atoms with van der Waals surface area (Å²) in [7, 11) is 0. The number of hydrogen-bond acceptors (Lipinski definition) is 4. The zero-order valence-electron chi connectivity index (χ0n) is 10.1. The van der Waals surface area contributed by atoms with Gasteiger partial charge >= 0.3 is 5.97 Å². The number of rotatable bonds is 4. The third kappa shape index (κ3) is 3.25. The molecule has 1 atom stereocenters. The van der Waals surface area contributed by atoms with E-state index in [0.29, 0.717) is 12.3 Å². The molecular formula is C13H17NO3S. The molecule has 0 radical (unpaired) electrons. The van der Waals surface area contributed by atoms with Gasteiger partial charge in [0.2, 0.25) is 0 Å². The van der Waals surface area contributed by atoms with Crippen molar-refractivity contribution in [3.8, 4) is 0 Å². The van der Waals surface area contributed by atoms with Gasteiger partial charge in [0.15, 0.2) is 0 Å². The van der Waals surface area contributed by atoms with Crippen molar-refractivity contribution in [2.45, 2.75) is 19.2 Å². The monoisotopic (exact) mass is 267 g/mol. The lowest BCUT2D eigenvalue weighted by molar-refractivity contribution is -0.142. The SMILES string of the molecule is O=C(O)C1CSCCN1Cc1ccc(CO)cc1. The minimum absolute atomic E-state index is 0.0401. The Kier molecular flexibility index (Phi) is 4.63. The Bertz CT molecular complexity index is 407. The lowest BCUT2D eigenvalue weighted by Gasteiger charge is -2.32. The van der Waals surface area contributed by atoms with Gasteiger partial charge in [0.1, 0.15) is 6.04 Å². The predicted molar refractivity (Wildman–Crippen MR) is 71.5 cm³/mol. The van der Waals surface area contributed by atoms with Crippen LogP contribution in [0.5, 0.6) is 0 Å². The second-order valence-electron chi connectivity index (χ2n) is 4.37. The van der Waals surface area contributed by atoms with E-state index in [1.54, 1.807) is 11.8 Å². The van der Waals surface area contributed by atoms with Crippen LogP contribution in [0.1, 0.15) is 11.1 Å². The summed E-state index contributed by atoms with van der Waals surface area (Å²) < 4.78 is 0. The van der Waals surface area contributed by atoms with Crippen molar-refractivity contribution in [1.29, 1.82) is 0 Å². The number of aliphatic hydroxyl groups is 1. The van der Waals surface area contributed by atoms with E-state index in [4.69, 9.17) is 5.11 Å². The molecule has 4 nitrogen and oxygen atoms in total. The Labute approximate surface area is 111 Å². The number of carboxylic acids is 1. The molecule has 0 aromatic heterocycles. The third-order valence-electron chi connectivity index (χ3n) is 3.12. The van der Waals surface area contributed by atoms with Crippen molar-refractivity contribution < 1.29 is 15.0 Å². The number of hydrogen-bond donors (Lipinski definition) is 2. The number of aliphatic carboxylic acids is 1. The summed E-state index contributed by atoms with van der Waals surface area (Å²) in [5.41, 5.74) is 1.97. The van der Waals surface area contributed by atoms with E-state index in [1.807, 2.05) is 29.2 Å². The number of carboxylic acid groups (broad SMARTS) is 1. The molecule has 5 heteroatoms. The van der Waals surface area contributed by atoms with Crippen LogP contribution in [-0.4, -0.2) is 45.2 Å². The van der Waals surface area contributed by atoms with Crippen LogP contribution in [0.4, 0.5) is 0 Å². The van der Waals surface area contributed by atoms with Crippen molar-refractivity contribution in [2.24, 2.45) is 0 Å². The van der Waals surface area contributed by atoms with E-state index in [-0.39, 0.29) is 12.6 Å². The van der Waals surface area contributed by atoms with Gasteiger partial charge in [0.05, 0.1) is 6.61 Å². The average Bonchev–Trinajstić information content (AvgIpc) is 2.40. The van der Waals surface area contributed by atoms with Crippen LogP contribution in [-0.2, 0) is 17.9 Å². The van der Waals surface area contributed by atoms with Crippen molar-refractivity contribution in [3.05, 3.63) is 35.4 Å². The fourth-order valence-electron chi connectivity index (χ4n) is 2.04. The van der Waals surface area contributed by atoms with Gasteiger partial charge < -0.3 is 10.2 Å². The number of benzene rings is 1. The second kappa shape index (κ2) is 6.22. The van der Waals surface area contributed by atoms with Crippen LogP contribution < -0.4 is 0 Å². The maximum atomic E-state index is 11.2. The van der Waals surface area contributed by atoms with E-state index in [2.05, 4.69) is 0 Å². The van der Waals surface area contributed by atoms with Crippen LogP contribution in [0.15, 0.2) is 24.3 Å². The molecule has 1 aliphatic rings. The zero-order valence-corrected chi connectivity index (χ0v) is 10.9. The summed E-state index contributed by atoms with van der Waals surface area (Å²) in [5.74, 6) is 0.900. The Balaban J connectivity index is 2.03. The van der Waals surface area contributed by atoms with Crippen LogP contribution >= 0.6 is 11.8 Å². The van der Waals surface area contributed by atoms with Crippen LogP contribution in [0.2, 0.25) is 0 Å². The van der Waals surface area contributed by atoms with Crippen molar-refractivity contribution in [1.82, 2.24) is 4.90 Å². The summed E-state index contributed by atoms with van der Waals surface area (Å²) in [4.78, 5) is 13.2. The number of nitrogens with zero attached hydrogens (tertiary/aromatic N) is 1. The van der Waals surface area contributed by atoms with Gasteiger partial charge in [-0.25, -0.2) is 0 Å². The highest BCUT2D eigenvalue weighted by Gasteiger charge is 2.28. The number of aliphatic hydroxyl groups excluding tert-OH is 1. The van der Waals surface area contributed by atoms with Gasteiger partial charge in [-0.15, -0.1) is 0 Å². The van der Waals surface area contributed by atoms with E-state index in [9.17, 15) is 9.90 Å². The standard InChI is InChI=1S/C13H17NO3S/c15-8-11-3-1-10(2-4-11)7-14-5-6-18-9-12(14)13(16)17/h1-4,12,15H,5-9H2,(H,16,17). The molecule has 0 saturated carbocycles. The van der Waals surface area contributed by atoms with Crippen molar-refractivity contribution in [3.63, 3.8) is 0 Å². The molecule has 1 saturated heterocycles. The Morgan fingerprint density at radius 3 is 2.61 bits per heavy atom. The fourth-order valence-corrected chi connectivity index (χ4v) is 3.15. The van der Waals surface area contributed by atoms with Crippen molar-refractivity contribution in [2.75, 3.05) is 18.1 Å². The molecule has 18 heavy (non-hydrogen) atoms. The van der Waals surface area contributed by atoms with Gasteiger partial charge in [-0.1, -0.05) is 24.3 Å². The predicted octanol–water partition coefficient (Wildman–Crippen LogP) is 1.18. The van der Waals surface area contributed by atoms with Crippen LogP contribution in [0.25, 0.3) is 0 Å². The highest BCUT2D eigenvalue weighted by molar-refractivity contribution is 7.99. The lowest BCUT2D eigenvalue weighted by atomic mass is 10.1. The molecular weight excluding hydrogens is 250 g/mol. The largest absolute Gasteiger partial charge is 0.480 e. The molecule has 1 fully saturated rings. The van der Waals surface area contributed by atoms with E-state index in [0.717, 1.165) is 23.4 Å². The summed E-state index contributed by atoms with van der Waals surface area (Å²) >= 11 is 1.70. The minimum atomic E-state index is -0.742. The first kappa shape index (κ1) is 13.4. The maximum Gasteiger partial charge on any atom is 0.321 e. The summed E-state index contributed by atoms with van der Waals surface area (Å²) in [6.45, 7) is 1.50. The van der Waals surface area contributed by atoms with Crippen LogP contribution in [0, 0.1) is 0 Å². The first-order chi connectivity index (χ1) is 8.70. The highest BCUT2D eigenvalue weighted by Crippen LogP contribution is 2.19. The molecule has 1 unspecified atom stereocenters. The lowest BCUT2D eigenvalue weighted by Crippen LogP contribution is -2.46. The first-order valence-corrected chi connectivity index (χ1v) is 7.09. The Hall–Kier alpha value is -1.04. The summed E-state index contributed by atoms with van der Waals surface area (Å²) in [6.07, 6.45) is 0. The molecule has 1 aliphatic heterocycles. The fraction of sp³-hybridized carbons (Fsp3) is 0.462. The molecule has 0 spiro atoms. The molecule has 0 aliphatic carbocycles. The van der Waals surface area contributed by atoms with E-state index < -0.39 is 5.97 Å². The molecule has 1 aromatic rings. The minimum Gasteiger partial charge on any atom is -0.480 e. The van der Waals surface area contributed by atoms with Gasteiger partial charge in [0.25, 0.3) is 0 Å². The average molecular weight is 267 g/mol. The molecule has 0 bridgehead atoms. The zero-order chi connectivity index (χ0) is 13.0. The molecule has 1 aromatic carbocycles. The van der Waals surface area contributed by atoms with Crippen LogP contribution in [0.3, 0.4) is 0 Å². The van der Waals surface area contributed by atoms with Gasteiger partial charge in [-0.3, -0.25) is 9.69 Å². The Morgan fingerprint density at radius 1 is 1.33 bits per heavy atom. The molecule has 0 amide bonds. The summed E-state index contributed by atoms with van der Waals surface area (Å²) in [5, 5.41) is 18.2. The topological polar surface area (TPSA) is 60.8 Å². The third-order valence-corrected chi connectivity index (χ3v) is 4.14. The normalized spacial score (nSPS) is 20.8. The van der Waals surface area contributed by atoms with Gasteiger partial charge in [0, 0.05) is 24.6 Å². The Morgan fingerprint density at radius 2 is 2.00 bits per heavy atom. The second-order valence-corrected chi connectivity index (χ2v) is 5.52. The molecule has 2 rings (SSSR count). The summed E-state index contributed by atoms with van der Waals surface area (Å²) in [6, 6.07) is 7.27. The molecule has 98 valence electrons. The molecule has 1 heterocycles. The smallest absolute Gasteiger partial charge is 0.321 e. The first-order valence-electron chi connectivity index (χ1n) is 5.94. The van der Waals surface area contributed by atoms with Gasteiger partial charge in [-0.05, 0) is 11.1 Å². The highest BCUT2D eigenvalue weighted by atomic mass is 32.2.